The molecule has 3 unspecified atom stereocenters. The summed E-state index contributed by atoms with van der Waals surface area (Å²) in [6.07, 6.45) is 3.32. The van der Waals surface area contributed by atoms with E-state index in [2.05, 4.69) is 13.0 Å². The molecule has 0 aliphatic heterocycles. The Morgan fingerprint density at radius 3 is 2.65 bits per heavy atom. The van der Waals surface area contributed by atoms with Gasteiger partial charge in [-0.05, 0) is 48.4 Å². The van der Waals surface area contributed by atoms with Crippen LogP contribution in [0, 0.1) is 18.8 Å². The summed E-state index contributed by atoms with van der Waals surface area (Å²) >= 11 is 0. The maximum absolute atomic E-state index is 10.4. The van der Waals surface area contributed by atoms with Crippen molar-refractivity contribution >= 4 is 0 Å². The second-order valence-electron chi connectivity index (χ2n) is 5.25. The molecule has 1 aromatic rings. The van der Waals surface area contributed by atoms with Gasteiger partial charge in [0, 0.05) is 0 Å². The Bertz CT molecular complexity index is 387. The lowest BCUT2D eigenvalue weighted by Gasteiger charge is -2.23. The van der Waals surface area contributed by atoms with Crippen molar-refractivity contribution in [3.63, 3.8) is 0 Å². The zero-order chi connectivity index (χ0) is 12.4. The molecular formula is C15H22O2. The van der Waals surface area contributed by atoms with Gasteiger partial charge in [-0.2, -0.15) is 0 Å². The van der Waals surface area contributed by atoms with Crippen molar-refractivity contribution in [2.24, 2.45) is 11.8 Å². The average molecular weight is 234 g/mol. The Morgan fingerprint density at radius 2 is 2.12 bits per heavy atom. The quantitative estimate of drug-likeness (QED) is 0.867. The standard InChI is InChI=1S/C15H22O2/c1-10-5-4-6-13(10)15(16)12-7-8-14(17-3)11(2)9-12/h7-10,13,15-16H,4-6H2,1-3H3. The summed E-state index contributed by atoms with van der Waals surface area (Å²) in [5, 5.41) is 10.4. The van der Waals surface area contributed by atoms with Crippen molar-refractivity contribution < 1.29 is 9.84 Å². The number of aliphatic hydroxyl groups excluding tert-OH is 1. The van der Waals surface area contributed by atoms with Crippen LogP contribution in [0.3, 0.4) is 0 Å². The second-order valence-corrected chi connectivity index (χ2v) is 5.25. The number of hydrogen-bond donors (Lipinski definition) is 1. The SMILES string of the molecule is COc1ccc(C(O)C2CCCC2C)cc1C. The molecule has 0 saturated heterocycles. The molecule has 2 heteroatoms. The first-order valence-corrected chi connectivity index (χ1v) is 6.46. The molecule has 1 aromatic carbocycles. The summed E-state index contributed by atoms with van der Waals surface area (Å²) in [5.41, 5.74) is 2.12. The molecule has 17 heavy (non-hydrogen) atoms. The molecule has 1 fully saturated rings. The van der Waals surface area contributed by atoms with Gasteiger partial charge in [0.1, 0.15) is 5.75 Å². The summed E-state index contributed by atoms with van der Waals surface area (Å²) in [7, 11) is 1.68. The summed E-state index contributed by atoms with van der Waals surface area (Å²) < 4.78 is 5.24. The predicted molar refractivity (Wildman–Crippen MR) is 69.2 cm³/mol. The molecule has 3 atom stereocenters. The number of aryl methyl sites for hydroxylation is 1. The lowest BCUT2D eigenvalue weighted by atomic mass is 9.87. The van der Waals surface area contributed by atoms with E-state index in [1.54, 1.807) is 7.11 Å². The lowest BCUT2D eigenvalue weighted by molar-refractivity contribution is 0.0899. The van der Waals surface area contributed by atoms with Gasteiger partial charge < -0.3 is 9.84 Å². The zero-order valence-electron chi connectivity index (χ0n) is 10.9. The van der Waals surface area contributed by atoms with E-state index in [1.807, 2.05) is 19.1 Å². The van der Waals surface area contributed by atoms with E-state index in [-0.39, 0.29) is 6.10 Å². The van der Waals surface area contributed by atoms with E-state index in [0.717, 1.165) is 23.3 Å². The van der Waals surface area contributed by atoms with Gasteiger partial charge in [0.25, 0.3) is 0 Å². The van der Waals surface area contributed by atoms with Crippen LogP contribution in [0.1, 0.15) is 43.4 Å². The normalized spacial score (nSPS) is 25.9. The number of methoxy groups -OCH3 is 1. The van der Waals surface area contributed by atoms with Gasteiger partial charge in [-0.15, -0.1) is 0 Å². The molecule has 1 aliphatic carbocycles. The van der Waals surface area contributed by atoms with Crippen molar-refractivity contribution in [3.8, 4) is 5.75 Å². The van der Waals surface area contributed by atoms with Crippen LogP contribution in [0.25, 0.3) is 0 Å². The molecule has 0 bridgehead atoms. The van der Waals surface area contributed by atoms with Crippen LogP contribution in [0.5, 0.6) is 5.75 Å². The molecule has 1 N–H and O–H groups in total. The minimum Gasteiger partial charge on any atom is -0.496 e. The highest BCUT2D eigenvalue weighted by Gasteiger charge is 2.30. The first-order valence-electron chi connectivity index (χ1n) is 6.46. The molecule has 2 rings (SSSR count). The van der Waals surface area contributed by atoms with Gasteiger partial charge in [0.2, 0.25) is 0 Å². The van der Waals surface area contributed by atoms with E-state index < -0.39 is 0 Å². The molecule has 0 aromatic heterocycles. The molecule has 94 valence electrons. The van der Waals surface area contributed by atoms with Crippen molar-refractivity contribution in [2.45, 2.75) is 39.2 Å². The Kier molecular flexibility index (Phi) is 3.72. The molecule has 0 heterocycles. The average Bonchev–Trinajstić information content (AvgIpc) is 2.74. The fraction of sp³-hybridized carbons (Fsp3) is 0.600. The molecule has 0 spiro atoms. The van der Waals surface area contributed by atoms with Crippen molar-refractivity contribution in [1.82, 2.24) is 0 Å². The third-order valence-electron chi connectivity index (χ3n) is 4.09. The van der Waals surface area contributed by atoms with E-state index in [9.17, 15) is 5.11 Å². The Labute approximate surface area is 104 Å². The fourth-order valence-electron chi connectivity index (χ4n) is 2.98. The minimum absolute atomic E-state index is 0.322. The molecular weight excluding hydrogens is 212 g/mol. The smallest absolute Gasteiger partial charge is 0.121 e. The van der Waals surface area contributed by atoms with Crippen LogP contribution < -0.4 is 4.74 Å². The van der Waals surface area contributed by atoms with Crippen LogP contribution in [0.2, 0.25) is 0 Å². The van der Waals surface area contributed by atoms with Crippen LogP contribution >= 0.6 is 0 Å². The zero-order valence-corrected chi connectivity index (χ0v) is 10.9. The number of benzene rings is 1. The maximum Gasteiger partial charge on any atom is 0.121 e. The largest absolute Gasteiger partial charge is 0.496 e. The monoisotopic (exact) mass is 234 g/mol. The predicted octanol–water partition coefficient (Wildman–Crippen LogP) is 3.47. The van der Waals surface area contributed by atoms with Crippen LogP contribution in [0.4, 0.5) is 0 Å². The summed E-state index contributed by atoms with van der Waals surface area (Å²) in [6.45, 7) is 4.27. The van der Waals surface area contributed by atoms with Crippen LogP contribution in [-0.4, -0.2) is 12.2 Å². The fourth-order valence-corrected chi connectivity index (χ4v) is 2.98. The van der Waals surface area contributed by atoms with E-state index in [0.29, 0.717) is 11.8 Å². The highest BCUT2D eigenvalue weighted by atomic mass is 16.5. The third-order valence-corrected chi connectivity index (χ3v) is 4.09. The summed E-state index contributed by atoms with van der Waals surface area (Å²) in [6, 6.07) is 5.99. The number of aliphatic hydroxyl groups is 1. The summed E-state index contributed by atoms with van der Waals surface area (Å²) in [5.74, 6) is 1.94. The molecule has 0 amide bonds. The van der Waals surface area contributed by atoms with Gasteiger partial charge in [0.15, 0.2) is 0 Å². The Hall–Kier alpha value is -1.02. The van der Waals surface area contributed by atoms with Crippen LogP contribution in [-0.2, 0) is 0 Å². The van der Waals surface area contributed by atoms with E-state index in [4.69, 9.17) is 4.74 Å². The minimum atomic E-state index is -0.322. The Morgan fingerprint density at radius 1 is 1.35 bits per heavy atom. The first-order chi connectivity index (χ1) is 8.13. The highest BCUT2D eigenvalue weighted by molar-refractivity contribution is 5.37. The van der Waals surface area contributed by atoms with Gasteiger partial charge in [-0.3, -0.25) is 0 Å². The Balaban J connectivity index is 2.19. The van der Waals surface area contributed by atoms with Gasteiger partial charge in [0.05, 0.1) is 13.2 Å². The third kappa shape index (κ3) is 2.47. The molecule has 1 saturated carbocycles. The molecule has 2 nitrogen and oxygen atoms in total. The van der Waals surface area contributed by atoms with Gasteiger partial charge in [-0.1, -0.05) is 25.8 Å². The van der Waals surface area contributed by atoms with Crippen molar-refractivity contribution in [3.05, 3.63) is 29.3 Å². The van der Waals surface area contributed by atoms with Gasteiger partial charge >= 0.3 is 0 Å². The maximum atomic E-state index is 10.4. The van der Waals surface area contributed by atoms with Gasteiger partial charge in [-0.25, -0.2) is 0 Å². The molecule has 0 radical (unpaired) electrons. The van der Waals surface area contributed by atoms with E-state index in [1.165, 1.54) is 12.8 Å². The second kappa shape index (κ2) is 5.09. The molecule has 1 aliphatic rings. The lowest BCUT2D eigenvalue weighted by Crippen LogP contribution is -2.15. The van der Waals surface area contributed by atoms with Crippen molar-refractivity contribution in [2.75, 3.05) is 7.11 Å². The number of rotatable bonds is 3. The highest BCUT2D eigenvalue weighted by Crippen LogP contribution is 2.40. The van der Waals surface area contributed by atoms with E-state index >= 15 is 0 Å². The number of ether oxygens (including phenoxy) is 1. The topological polar surface area (TPSA) is 29.5 Å². The van der Waals surface area contributed by atoms with Crippen molar-refractivity contribution in [1.29, 1.82) is 0 Å². The van der Waals surface area contributed by atoms with Crippen LogP contribution in [0.15, 0.2) is 18.2 Å². The number of hydrogen-bond acceptors (Lipinski definition) is 2. The summed E-state index contributed by atoms with van der Waals surface area (Å²) in [4.78, 5) is 0. The first kappa shape index (κ1) is 12.4.